The van der Waals surface area contributed by atoms with E-state index in [1.165, 1.54) is 10.4 Å². The number of piperazine rings is 1. The van der Waals surface area contributed by atoms with Crippen molar-refractivity contribution in [1.29, 1.82) is 0 Å². The zero-order valence-electron chi connectivity index (χ0n) is 12.7. The van der Waals surface area contributed by atoms with Crippen molar-refractivity contribution in [2.24, 2.45) is 0 Å². The number of hydrogen-bond donors (Lipinski definition) is 1. The van der Waals surface area contributed by atoms with E-state index >= 15 is 0 Å². The number of benzene rings is 1. The van der Waals surface area contributed by atoms with Gasteiger partial charge in [-0.3, -0.25) is 4.98 Å². The van der Waals surface area contributed by atoms with Gasteiger partial charge in [0.2, 0.25) is 10.0 Å². The molecule has 3 rings (SSSR count). The molecule has 7 heteroatoms. The number of halogens is 1. The van der Waals surface area contributed by atoms with Crippen LogP contribution >= 0.6 is 0 Å². The lowest BCUT2D eigenvalue weighted by Crippen LogP contribution is -2.48. The quantitative estimate of drug-likeness (QED) is 0.930. The largest absolute Gasteiger partial charge is 0.313 e. The smallest absolute Gasteiger partial charge is 0.246 e. The van der Waals surface area contributed by atoms with Crippen LogP contribution in [0.5, 0.6) is 0 Å². The van der Waals surface area contributed by atoms with Gasteiger partial charge in [0.05, 0.1) is 6.04 Å². The van der Waals surface area contributed by atoms with E-state index in [0.29, 0.717) is 18.7 Å². The van der Waals surface area contributed by atoms with Crippen LogP contribution in [0.1, 0.15) is 17.2 Å². The molecule has 1 aromatic carbocycles. The van der Waals surface area contributed by atoms with E-state index in [9.17, 15) is 12.8 Å². The minimum atomic E-state index is -3.92. The van der Waals surface area contributed by atoms with Gasteiger partial charge in [-0.25, -0.2) is 12.8 Å². The van der Waals surface area contributed by atoms with Gasteiger partial charge in [0.1, 0.15) is 10.7 Å². The average molecular weight is 335 g/mol. The van der Waals surface area contributed by atoms with Crippen LogP contribution in [0.15, 0.2) is 47.6 Å². The molecule has 1 aromatic heterocycles. The number of aryl methyl sites for hydroxylation is 1. The first-order valence-electron chi connectivity index (χ1n) is 7.39. The zero-order chi connectivity index (χ0) is 16.4. The first-order valence-corrected chi connectivity index (χ1v) is 8.83. The highest BCUT2D eigenvalue weighted by atomic mass is 32.2. The summed E-state index contributed by atoms with van der Waals surface area (Å²) in [5, 5.41) is 3.19. The van der Waals surface area contributed by atoms with Gasteiger partial charge in [0, 0.05) is 32.0 Å². The Labute approximate surface area is 135 Å². The fourth-order valence-corrected chi connectivity index (χ4v) is 4.53. The van der Waals surface area contributed by atoms with Crippen LogP contribution in [0.4, 0.5) is 4.39 Å². The topological polar surface area (TPSA) is 62.3 Å². The third kappa shape index (κ3) is 2.99. The molecule has 23 heavy (non-hydrogen) atoms. The normalized spacial score (nSPS) is 19.7. The molecule has 1 saturated heterocycles. The predicted molar refractivity (Wildman–Crippen MR) is 84.9 cm³/mol. The second-order valence-electron chi connectivity index (χ2n) is 5.51. The van der Waals surface area contributed by atoms with Gasteiger partial charge >= 0.3 is 0 Å². The maximum atomic E-state index is 14.3. The number of sulfonamides is 1. The average Bonchev–Trinajstić information content (AvgIpc) is 2.58. The molecule has 2 aromatic rings. The summed E-state index contributed by atoms with van der Waals surface area (Å²) in [6, 6.07) is 7.64. The Bertz CT molecular complexity index is 796. The third-order valence-corrected chi connectivity index (χ3v) is 5.93. The molecule has 2 heterocycles. The van der Waals surface area contributed by atoms with Gasteiger partial charge in [-0.2, -0.15) is 4.31 Å². The molecule has 1 fully saturated rings. The number of aromatic nitrogens is 1. The van der Waals surface area contributed by atoms with Crippen molar-refractivity contribution < 1.29 is 12.8 Å². The van der Waals surface area contributed by atoms with E-state index in [2.05, 4.69) is 10.3 Å². The van der Waals surface area contributed by atoms with Crippen molar-refractivity contribution in [2.75, 3.05) is 19.6 Å². The summed E-state index contributed by atoms with van der Waals surface area (Å²) in [6.45, 7) is 2.85. The molecule has 0 radical (unpaired) electrons. The molecule has 0 amide bonds. The Hall–Kier alpha value is -1.83. The minimum Gasteiger partial charge on any atom is -0.313 e. The van der Waals surface area contributed by atoms with E-state index in [4.69, 9.17) is 0 Å². The Kier molecular flexibility index (Phi) is 4.43. The van der Waals surface area contributed by atoms with E-state index < -0.39 is 21.9 Å². The molecule has 0 saturated carbocycles. The summed E-state index contributed by atoms with van der Waals surface area (Å²) >= 11 is 0. The fourth-order valence-electron chi connectivity index (χ4n) is 2.78. The fraction of sp³-hybridized carbons (Fsp3) is 0.312. The SMILES string of the molecule is Cc1cccc(S(=O)(=O)N2CCNCC2c2cccnc2)c1F. The Morgan fingerprint density at radius 1 is 1.30 bits per heavy atom. The standard InChI is InChI=1S/C16H18FN3O2S/c1-12-4-2-6-15(16(12)17)23(21,22)20-9-8-19-11-14(20)13-5-3-7-18-10-13/h2-7,10,14,19H,8-9,11H2,1H3. The molecule has 122 valence electrons. The van der Waals surface area contributed by atoms with Gasteiger partial charge in [-0.1, -0.05) is 18.2 Å². The molecule has 1 aliphatic rings. The number of nitrogens with one attached hydrogen (secondary N) is 1. The van der Waals surface area contributed by atoms with Crippen LogP contribution in [-0.4, -0.2) is 37.3 Å². The molecular weight excluding hydrogens is 317 g/mol. The van der Waals surface area contributed by atoms with Gasteiger partial charge in [-0.15, -0.1) is 0 Å². The first-order chi connectivity index (χ1) is 11.0. The van der Waals surface area contributed by atoms with Gasteiger partial charge in [-0.05, 0) is 30.2 Å². The van der Waals surface area contributed by atoms with Crippen molar-refractivity contribution >= 4 is 10.0 Å². The van der Waals surface area contributed by atoms with Crippen LogP contribution in [0.3, 0.4) is 0 Å². The minimum absolute atomic E-state index is 0.270. The highest BCUT2D eigenvalue weighted by Crippen LogP contribution is 2.30. The molecule has 1 atom stereocenters. The Morgan fingerprint density at radius 2 is 2.13 bits per heavy atom. The summed E-state index contributed by atoms with van der Waals surface area (Å²) in [7, 11) is -3.92. The lowest BCUT2D eigenvalue weighted by atomic mass is 10.1. The molecular formula is C16H18FN3O2S. The Morgan fingerprint density at radius 3 is 2.87 bits per heavy atom. The highest BCUT2D eigenvalue weighted by Gasteiger charge is 2.36. The second kappa shape index (κ2) is 6.35. The van der Waals surface area contributed by atoms with Crippen LogP contribution in [0.25, 0.3) is 0 Å². The molecule has 5 nitrogen and oxygen atoms in total. The van der Waals surface area contributed by atoms with Gasteiger partial charge < -0.3 is 5.32 Å². The van der Waals surface area contributed by atoms with Crippen molar-refractivity contribution in [3.8, 4) is 0 Å². The van der Waals surface area contributed by atoms with Crippen molar-refractivity contribution in [3.05, 3.63) is 59.7 Å². The number of hydrogen-bond acceptors (Lipinski definition) is 4. The monoisotopic (exact) mass is 335 g/mol. The summed E-state index contributed by atoms with van der Waals surface area (Å²) in [5.74, 6) is -0.684. The maximum absolute atomic E-state index is 14.3. The lowest BCUT2D eigenvalue weighted by molar-refractivity contribution is 0.270. The molecule has 0 aliphatic carbocycles. The van der Waals surface area contributed by atoms with Crippen molar-refractivity contribution in [1.82, 2.24) is 14.6 Å². The maximum Gasteiger partial charge on any atom is 0.246 e. The van der Waals surface area contributed by atoms with Gasteiger partial charge in [0.15, 0.2) is 0 Å². The van der Waals surface area contributed by atoms with Crippen molar-refractivity contribution in [2.45, 2.75) is 17.9 Å². The number of nitrogens with zero attached hydrogens (tertiary/aromatic N) is 2. The second-order valence-corrected chi connectivity index (χ2v) is 7.37. The van der Waals surface area contributed by atoms with E-state index in [1.807, 2.05) is 6.07 Å². The summed E-state index contributed by atoms with van der Waals surface area (Å²) in [4.78, 5) is 3.79. The van der Waals surface area contributed by atoms with Gasteiger partial charge in [0.25, 0.3) is 0 Å². The molecule has 1 aliphatic heterocycles. The van der Waals surface area contributed by atoms with Crippen LogP contribution < -0.4 is 5.32 Å². The van der Waals surface area contributed by atoms with E-state index in [-0.39, 0.29) is 11.4 Å². The number of pyridine rings is 1. The highest BCUT2D eigenvalue weighted by molar-refractivity contribution is 7.89. The summed E-state index contributed by atoms with van der Waals surface area (Å²) in [6.07, 6.45) is 3.28. The summed E-state index contributed by atoms with van der Waals surface area (Å²) in [5.41, 5.74) is 1.11. The molecule has 0 bridgehead atoms. The number of rotatable bonds is 3. The molecule has 1 N–H and O–H groups in total. The zero-order valence-corrected chi connectivity index (χ0v) is 13.6. The first kappa shape index (κ1) is 16.0. The van der Waals surface area contributed by atoms with Crippen molar-refractivity contribution in [3.63, 3.8) is 0 Å². The summed E-state index contributed by atoms with van der Waals surface area (Å²) < 4.78 is 41.7. The van der Waals surface area contributed by atoms with E-state index in [1.54, 1.807) is 37.5 Å². The third-order valence-electron chi connectivity index (χ3n) is 4.01. The van der Waals surface area contributed by atoms with E-state index in [0.717, 1.165) is 5.56 Å². The van der Waals surface area contributed by atoms with Crippen LogP contribution in [0, 0.1) is 12.7 Å². The van der Waals surface area contributed by atoms with Crippen LogP contribution in [-0.2, 0) is 10.0 Å². The molecule has 1 unspecified atom stereocenters. The van der Waals surface area contributed by atoms with Crippen LogP contribution in [0.2, 0.25) is 0 Å². The predicted octanol–water partition coefficient (Wildman–Crippen LogP) is 1.86. The molecule has 0 spiro atoms. The lowest BCUT2D eigenvalue weighted by Gasteiger charge is -2.35. The Balaban J connectivity index is 2.05.